The maximum Gasteiger partial charge on any atom is 0.269 e. The molecule has 2 atom stereocenters. The number of aryl methyl sites for hydroxylation is 1. The molecule has 3 aromatic rings. The predicted molar refractivity (Wildman–Crippen MR) is 97.7 cm³/mol. The average Bonchev–Trinajstić information content (AvgIpc) is 3.24. The zero-order chi connectivity index (χ0) is 18.0. The van der Waals surface area contributed by atoms with Crippen LogP contribution in [0.2, 0.25) is 0 Å². The van der Waals surface area contributed by atoms with Crippen molar-refractivity contribution in [2.75, 3.05) is 0 Å². The highest BCUT2D eigenvalue weighted by atomic mass is 79.9. The smallest absolute Gasteiger partial charge is 0.269 e. The summed E-state index contributed by atoms with van der Waals surface area (Å²) in [4.78, 5) is 3.93. The van der Waals surface area contributed by atoms with Gasteiger partial charge in [-0.25, -0.2) is 9.37 Å². The first kappa shape index (κ1) is 17.7. The third-order valence-electron chi connectivity index (χ3n) is 3.80. The number of hydrogen-bond donors (Lipinski definition) is 0. The molecule has 0 fully saturated rings. The van der Waals surface area contributed by atoms with Crippen LogP contribution in [0.3, 0.4) is 0 Å². The Bertz CT molecular complexity index is 880. The van der Waals surface area contributed by atoms with Crippen LogP contribution in [-0.4, -0.2) is 29.5 Å². The molecule has 1 unspecified atom stereocenters. The van der Waals surface area contributed by atoms with Gasteiger partial charge < -0.3 is 9.30 Å². The number of benzene rings is 1. The van der Waals surface area contributed by atoms with Crippen molar-refractivity contribution in [2.24, 2.45) is 7.05 Å². The number of hydrogen-bond acceptors (Lipinski definition) is 5. The third-order valence-corrected chi connectivity index (χ3v) is 4.60. The molecular formula is C16H15BrFN5OS. The van der Waals surface area contributed by atoms with E-state index < -0.39 is 11.8 Å². The Morgan fingerprint density at radius 1 is 1.40 bits per heavy atom. The van der Waals surface area contributed by atoms with Crippen LogP contribution in [0.4, 0.5) is 4.39 Å². The molecule has 130 valence electrons. The molecule has 0 aliphatic heterocycles. The number of halogens is 2. The van der Waals surface area contributed by atoms with E-state index >= 15 is 4.39 Å². The minimum Gasteiger partial charge on any atom is -0.455 e. The molecule has 0 bridgehead atoms. The number of rotatable bonds is 4. The van der Waals surface area contributed by atoms with Crippen molar-refractivity contribution in [1.29, 1.82) is 0 Å². The lowest BCUT2D eigenvalue weighted by Gasteiger charge is -2.30. The zero-order valence-electron chi connectivity index (χ0n) is 13.5. The topological polar surface area (TPSA) is 57.8 Å². The Hall–Kier alpha value is -2.13. The summed E-state index contributed by atoms with van der Waals surface area (Å²) < 4.78 is 25.6. The summed E-state index contributed by atoms with van der Waals surface area (Å²) in [5.74, 6) is 0.326. The third kappa shape index (κ3) is 3.62. The quantitative estimate of drug-likeness (QED) is 0.600. The van der Waals surface area contributed by atoms with E-state index in [0.29, 0.717) is 11.4 Å². The molecule has 9 heteroatoms. The summed E-state index contributed by atoms with van der Waals surface area (Å²) in [5.41, 5.74) is -1.47. The maximum absolute atomic E-state index is 15.9. The number of ether oxygens (including phenoxy) is 1. The van der Waals surface area contributed by atoms with Gasteiger partial charge in [-0.15, -0.1) is 10.2 Å². The molecule has 0 N–H and O–H groups in total. The van der Waals surface area contributed by atoms with Gasteiger partial charge in [0, 0.05) is 23.9 Å². The highest BCUT2D eigenvalue weighted by Crippen LogP contribution is 2.41. The molecule has 0 radical (unpaired) electrons. The molecule has 0 aliphatic rings. The van der Waals surface area contributed by atoms with Gasteiger partial charge in [0.2, 0.25) is 0 Å². The summed E-state index contributed by atoms with van der Waals surface area (Å²) >= 11 is 8.65. The SMILES string of the molecule is Cn1cnnc1C(OC(=S)n1ccnc1)[C@](C)(F)c1cccc(Br)c1. The van der Waals surface area contributed by atoms with Crippen LogP contribution in [0.1, 0.15) is 24.4 Å². The molecule has 6 nitrogen and oxygen atoms in total. The second-order valence-electron chi connectivity index (χ2n) is 5.62. The Morgan fingerprint density at radius 3 is 2.80 bits per heavy atom. The van der Waals surface area contributed by atoms with E-state index in [-0.39, 0.29) is 5.17 Å². The van der Waals surface area contributed by atoms with Crippen LogP contribution in [0.25, 0.3) is 0 Å². The van der Waals surface area contributed by atoms with Gasteiger partial charge in [-0.1, -0.05) is 28.1 Å². The normalized spacial score (nSPS) is 14.7. The number of thiocarbonyl (C=S) groups is 1. The molecule has 0 saturated carbocycles. The van der Waals surface area contributed by atoms with Crippen molar-refractivity contribution < 1.29 is 9.13 Å². The van der Waals surface area contributed by atoms with E-state index in [9.17, 15) is 0 Å². The monoisotopic (exact) mass is 423 g/mol. The molecule has 0 saturated heterocycles. The van der Waals surface area contributed by atoms with Crippen molar-refractivity contribution in [3.05, 3.63) is 65.2 Å². The van der Waals surface area contributed by atoms with Gasteiger partial charge in [0.25, 0.3) is 5.17 Å². The highest BCUT2D eigenvalue weighted by Gasteiger charge is 2.43. The van der Waals surface area contributed by atoms with Gasteiger partial charge in [0.1, 0.15) is 12.7 Å². The molecule has 1 aromatic carbocycles. The fraction of sp³-hybridized carbons (Fsp3) is 0.250. The second-order valence-corrected chi connectivity index (χ2v) is 6.88. The molecular weight excluding hydrogens is 409 g/mol. The molecule has 3 rings (SSSR count). The summed E-state index contributed by atoms with van der Waals surface area (Å²) in [6.45, 7) is 1.44. The Morgan fingerprint density at radius 2 is 2.20 bits per heavy atom. The lowest BCUT2D eigenvalue weighted by Crippen LogP contribution is -2.32. The number of alkyl halides is 1. The van der Waals surface area contributed by atoms with E-state index in [1.165, 1.54) is 24.1 Å². The van der Waals surface area contributed by atoms with Gasteiger partial charge in [-0.05, 0) is 36.8 Å². The van der Waals surface area contributed by atoms with Crippen LogP contribution >= 0.6 is 28.1 Å². The summed E-state index contributed by atoms with van der Waals surface area (Å²) in [6.07, 6.45) is 5.08. The fourth-order valence-electron chi connectivity index (χ4n) is 2.41. The van der Waals surface area contributed by atoms with E-state index in [1.807, 2.05) is 6.07 Å². The van der Waals surface area contributed by atoms with E-state index in [0.717, 1.165) is 4.47 Å². The predicted octanol–water partition coefficient (Wildman–Crippen LogP) is 3.55. The Labute approximate surface area is 157 Å². The zero-order valence-corrected chi connectivity index (χ0v) is 15.9. The van der Waals surface area contributed by atoms with Crippen molar-refractivity contribution in [1.82, 2.24) is 24.3 Å². The number of nitrogens with zero attached hydrogens (tertiary/aromatic N) is 5. The minimum atomic E-state index is -1.91. The van der Waals surface area contributed by atoms with Gasteiger partial charge in [-0.2, -0.15) is 0 Å². The van der Waals surface area contributed by atoms with Crippen LogP contribution < -0.4 is 0 Å². The summed E-state index contributed by atoms with van der Waals surface area (Å²) in [5, 5.41) is 7.92. The average molecular weight is 424 g/mol. The second kappa shape index (κ2) is 7.01. The Kier molecular flexibility index (Phi) is 4.96. The summed E-state index contributed by atoms with van der Waals surface area (Å²) in [7, 11) is 1.73. The van der Waals surface area contributed by atoms with Crippen molar-refractivity contribution >= 4 is 33.3 Å². The lowest BCUT2D eigenvalue weighted by molar-refractivity contribution is 0.000875. The Balaban J connectivity index is 2.01. The van der Waals surface area contributed by atoms with Crippen LogP contribution in [0.5, 0.6) is 0 Å². The van der Waals surface area contributed by atoms with E-state index in [1.54, 1.807) is 42.2 Å². The van der Waals surface area contributed by atoms with Gasteiger partial charge in [-0.3, -0.25) is 4.57 Å². The fourth-order valence-corrected chi connectivity index (χ4v) is 3.01. The van der Waals surface area contributed by atoms with Crippen molar-refractivity contribution in [3.63, 3.8) is 0 Å². The van der Waals surface area contributed by atoms with Crippen LogP contribution in [0.15, 0.2) is 53.8 Å². The molecule has 2 aromatic heterocycles. The van der Waals surface area contributed by atoms with Gasteiger partial charge in [0.15, 0.2) is 17.6 Å². The molecule has 0 amide bonds. The van der Waals surface area contributed by atoms with Crippen LogP contribution in [-0.2, 0) is 17.5 Å². The first-order chi connectivity index (χ1) is 11.9. The first-order valence-electron chi connectivity index (χ1n) is 7.37. The van der Waals surface area contributed by atoms with E-state index in [2.05, 4.69) is 31.1 Å². The van der Waals surface area contributed by atoms with Gasteiger partial charge in [0.05, 0.1) is 0 Å². The van der Waals surface area contributed by atoms with Crippen molar-refractivity contribution in [3.8, 4) is 0 Å². The largest absolute Gasteiger partial charge is 0.455 e. The molecule has 2 heterocycles. The number of imidazole rings is 1. The van der Waals surface area contributed by atoms with Crippen LogP contribution in [0, 0.1) is 0 Å². The van der Waals surface area contributed by atoms with Crippen molar-refractivity contribution in [2.45, 2.75) is 18.7 Å². The first-order valence-corrected chi connectivity index (χ1v) is 8.57. The molecule has 0 spiro atoms. The van der Waals surface area contributed by atoms with Gasteiger partial charge >= 0.3 is 0 Å². The maximum atomic E-state index is 15.9. The molecule has 25 heavy (non-hydrogen) atoms. The molecule has 0 aliphatic carbocycles. The van der Waals surface area contributed by atoms with E-state index in [4.69, 9.17) is 17.0 Å². The standard InChI is InChI=1S/C16H15BrFN5OS/c1-16(18,11-4-3-5-12(17)8-11)13(14-21-20-10-22(14)2)24-15(25)23-7-6-19-9-23/h3-10,13H,1-2H3/t13?,16-/m1/s1. The minimum absolute atomic E-state index is 0.0735. The lowest BCUT2D eigenvalue weighted by atomic mass is 9.91. The highest BCUT2D eigenvalue weighted by molar-refractivity contribution is 9.10. The number of aromatic nitrogens is 5. The summed E-state index contributed by atoms with van der Waals surface area (Å²) in [6, 6.07) is 6.98.